The van der Waals surface area contributed by atoms with Crippen LogP contribution in [0.3, 0.4) is 0 Å². The van der Waals surface area contributed by atoms with Gasteiger partial charge in [0.25, 0.3) is 0 Å². The molecule has 0 aromatic heterocycles. The van der Waals surface area contributed by atoms with Crippen LogP contribution in [0.5, 0.6) is 0 Å². The van der Waals surface area contributed by atoms with Gasteiger partial charge in [0.1, 0.15) is 5.54 Å². The van der Waals surface area contributed by atoms with Crippen LogP contribution in [0, 0.1) is 5.92 Å². The minimum Gasteiger partial charge on any atom is -0.465 e. The van der Waals surface area contributed by atoms with E-state index in [1.165, 1.54) is 0 Å². The maximum atomic E-state index is 11.1. The van der Waals surface area contributed by atoms with E-state index in [0.717, 1.165) is 11.8 Å². The van der Waals surface area contributed by atoms with Crippen LogP contribution in [0.2, 0.25) is 0 Å². The molecule has 0 aromatic rings. The van der Waals surface area contributed by atoms with Crippen LogP contribution in [-0.2, 0) is 9.53 Å². The Labute approximate surface area is 86.6 Å². The summed E-state index contributed by atoms with van der Waals surface area (Å²) in [6.45, 7) is 2.19. The van der Waals surface area contributed by atoms with Gasteiger partial charge < -0.3 is 10.5 Å². The molecule has 0 unspecified atom stereocenters. The molecule has 5 heteroatoms. The fraction of sp³-hybridized carbons (Fsp3) is 0.857. The first-order valence-corrected chi connectivity index (χ1v) is 4.79. The number of esters is 1. The van der Waals surface area contributed by atoms with Gasteiger partial charge in [0.2, 0.25) is 0 Å². The second kappa shape index (κ2) is 4.44. The molecule has 1 aliphatic rings. The van der Waals surface area contributed by atoms with Gasteiger partial charge in [-0.1, -0.05) is 15.9 Å². The van der Waals surface area contributed by atoms with Crippen molar-refractivity contribution >= 4 is 34.3 Å². The second-order valence-electron chi connectivity index (χ2n) is 2.82. The first-order chi connectivity index (χ1) is 5.15. The lowest BCUT2D eigenvalue weighted by Gasteiger charge is -2.08. The van der Waals surface area contributed by atoms with Crippen molar-refractivity contribution in [2.45, 2.75) is 18.9 Å². The summed E-state index contributed by atoms with van der Waals surface area (Å²) in [5, 5.41) is 0.780. The summed E-state index contributed by atoms with van der Waals surface area (Å²) in [5.74, 6) is 0.00556. The fourth-order valence-corrected chi connectivity index (χ4v) is 1.86. The molecular weight excluding hydrogens is 245 g/mol. The molecule has 1 aliphatic carbocycles. The van der Waals surface area contributed by atoms with Crippen LogP contribution in [0.1, 0.15) is 13.3 Å². The third-order valence-corrected chi connectivity index (χ3v) is 2.78. The number of hydrogen-bond donors (Lipinski definition) is 1. The highest BCUT2D eigenvalue weighted by Gasteiger charge is 2.57. The van der Waals surface area contributed by atoms with Gasteiger partial charge in [-0.25, -0.2) is 0 Å². The molecule has 12 heavy (non-hydrogen) atoms. The van der Waals surface area contributed by atoms with Gasteiger partial charge in [-0.15, -0.1) is 12.4 Å². The molecule has 0 aromatic carbocycles. The van der Waals surface area contributed by atoms with Crippen molar-refractivity contribution in [1.29, 1.82) is 0 Å². The Kier molecular flexibility index (Phi) is 4.51. The maximum absolute atomic E-state index is 11.1. The Bertz CT molecular complexity index is 179. The van der Waals surface area contributed by atoms with Crippen LogP contribution in [0.15, 0.2) is 0 Å². The molecule has 1 rings (SSSR count). The van der Waals surface area contributed by atoms with Gasteiger partial charge in [0.15, 0.2) is 0 Å². The van der Waals surface area contributed by atoms with E-state index in [-0.39, 0.29) is 24.3 Å². The van der Waals surface area contributed by atoms with E-state index < -0.39 is 5.54 Å². The zero-order valence-corrected chi connectivity index (χ0v) is 9.28. The highest BCUT2D eigenvalue weighted by Crippen LogP contribution is 2.42. The Morgan fingerprint density at radius 1 is 1.83 bits per heavy atom. The van der Waals surface area contributed by atoms with Crippen molar-refractivity contribution < 1.29 is 9.53 Å². The normalized spacial score (nSPS) is 32.1. The van der Waals surface area contributed by atoms with E-state index in [0.29, 0.717) is 6.61 Å². The molecule has 0 bridgehead atoms. The zero-order chi connectivity index (χ0) is 8.48. The first kappa shape index (κ1) is 12.2. The number of carbonyl (C=O) groups is 1. The summed E-state index contributed by atoms with van der Waals surface area (Å²) in [4.78, 5) is 11.1. The second-order valence-corrected chi connectivity index (χ2v) is 3.46. The summed E-state index contributed by atoms with van der Waals surface area (Å²) < 4.78 is 4.82. The SMILES string of the molecule is CCOC(=O)[C@]1(N)C[C@@H]1CBr.Cl. The number of hydrogen-bond acceptors (Lipinski definition) is 3. The Hall–Kier alpha value is 0.200. The minimum absolute atomic E-state index is 0. The molecule has 0 radical (unpaired) electrons. The van der Waals surface area contributed by atoms with Crippen molar-refractivity contribution in [2.75, 3.05) is 11.9 Å². The Morgan fingerprint density at radius 2 is 2.42 bits per heavy atom. The predicted molar refractivity (Wildman–Crippen MR) is 52.7 cm³/mol. The number of carbonyl (C=O) groups excluding carboxylic acids is 1. The summed E-state index contributed by atoms with van der Waals surface area (Å²) in [5.41, 5.74) is 5.05. The minimum atomic E-state index is -0.681. The molecule has 3 nitrogen and oxygen atoms in total. The van der Waals surface area contributed by atoms with Gasteiger partial charge in [0.05, 0.1) is 6.61 Å². The number of alkyl halides is 1. The van der Waals surface area contributed by atoms with E-state index in [9.17, 15) is 4.79 Å². The number of halogens is 2. The molecule has 2 N–H and O–H groups in total. The van der Waals surface area contributed by atoms with E-state index in [1.807, 2.05) is 0 Å². The van der Waals surface area contributed by atoms with E-state index in [1.54, 1.807) is 6.92 Å². The highest BCUT2D eigenvalue weighted by atomic mass is 79.9. The summed E-state index contributed by atoms with van der Waals surface area (Å²) in [7, 11) is 0. The Morgan fingerprint density at radius 3 is 2.75 bits per heavy atom. The molecule has 0 heterocycles. The van der Waals surface area contributed by atoms with Crippen LogP contribution in [0.4, 0.5) is 0 Å². The maximum Gasteiger partial charge on any atom is 0.326 e. The van der Waals surface area contributed by atoms with Gasteiger partial charge in [0, 0.05) is 5.33 Å². The topological polar surface area (TPSA) is 52.3 Å². The van der Waals surface area contributed by atoms with Crippen molar-refractivity contribution in [1.82, 2.24) is 0 Å². The van der Waals surface area contributed by atoms with Crippen molar-refractivity contribution in [3.8, 4) is 0 Å². The third-order valence-electron chi connectivity index (χ3n) is 1.99. The molecule has 0 aliphatic heterocycles. The average Bonchev–Trinajstić information content (AvgIpc) is 2.64. The van der Waals surface area contributed by atoms with Gasteiger partial charge in [-0.3, -0.25) is 4.79 Å². The largest absolute Gasteiger partial charge is 0.465 e. The van der Waals surface area contributed by atoms with Crippen LogP contribution in [-0.4, -0.2) is 23.4 Å². The molecule has 1 fully saturated rings. The summed E-state index contributed by atoms with van der Waals surface area (Å²) >= 11 is 3.28. The number of rotatable bonds is 3. The zero-order valence-electron chi connectivity index (χ0n) is 6.88. The van der Waals surface area contributed by atoms with E-state index >= 15 is 0 Å². The van der Waals surface area contributed by atoms with E-state index in [2.05, 4.69) is 15.9 Å². The van der Waals surface area contributed by atoms with Crippen molar-refractivity contribution in [3.63, 3.8) is 0 Å². The first-order valence-electron chi connectivity index (χ1n) is 3.67. The molecule has 72 valence electrons. The fourth-order valence-electron chi connectivity index (χ4n) is 1.06. The molecule has 0 amide bonds. The van der Waals surface area contributed by atoms with Crippen LogP contribution in [0.25, 0.3) is 0 Å². The van der Waals surface area contributed by atoms with Crippen LogP contribution < -0.4 is 5.73 Å². The standard InChI is InChI=1S/C7H12BrNO2.ClH/c1-2-11-6(10)7(9)3-5(7)4-8;/h5H,2-4,9H2,1H3;1H/t5-,7+;/m1./s1. The monoisotopic (exact) mass is 257 g/mol. The molecule has 0 saturated heterocycles. The highest BCUT2D eigenvalue weighted by molar-refractivity contribution is 9.09. The molecule has 1 saturated carbocycles. The lowest BCUT2D eigenvalue weighted by molar-refractivity contribution is -0.146. The lowest BCUT2D eigenvalue weighted by Crippen LogP contribution is -2.37. The molecule has 2 atom stereocenters. The van der Waals surface area contributed by atoms with Crippen LogP contribution >= 0.6 is 28.3 Å². The quantitative estimate of drug-likeness (QED) is 0.609. The lowest BCUT2D eigenvalue weighted by atomic mass is 10.2. The van der Waals surface area contributed by atoms with Crippen molar-refractivity contribution in [2.24, 2.45) is 11.7 Å². The molecule has 0 spiro atoms. The van der Waals surface area contributed by atoms with Crippen molar-refractivity contribution in [3.05, 3.63) is 0 Å². The molecular formula is C7H13BrClNO2. The summed E-state index contributed by atoms with van der Waals surface area (Å²) in [6.07, 6.45) is 0.747. The van der Waals surface area contributed by atoms with Gasteiger partial charge >= 0.3 is 5.97 Å². The van der Waals surface area contributed by atoms with Gasteiger partial charge in [-0.2, -0.15) is 0 Å². The third kappa shape index (κ3) is 2.12. The number of nitrogens with two attached hydrogens (primary N) is 1. The summed E-state index contributed by atoms with van der Waals surface area (Å²) in [6, 6.07) is 0. The average molecular weight is 259 g/mol. The van der Waals surface area contributed by atoms with Gasteiger partial charge in [-0.05, 0) is 19.3 Å². The number of ether oxygens (including phenoxy) is 1. The Balaban J connectivity index is 0.00000121. The predicted octanol–water partition coefficient (Wildman–Crippen LogP) is 1.08. The smallest absolute Gasteiger partial charge is 0.326 e. The van der Waals surface area contributed by atoms with E-state index in [4.69, 9.17) is 10.5 Å².